The van der Waals surface area contributed by atoms with E-state index in [4.69, 9.17) is 27.9 Å². The molecule has 4 nitrogen and oxygen atoms in total. The quantitative estimate of drug-likeness (QED) is 0.863. The molecule has 0 bridgehead atoms. The van der Waals surface area contributed by atoms with Crippen LogP contribution in [0, 0.1) is 0 Å². The molecule has 0 spiro atoms. The number of halogens is 2. The molecule has 18 heavy (non-hydrogen) atoms. The van der Waals surface area contributed by atoms with Gasteiger partial charge in [-0.3, -0.25) is 0 Å². The second kappa shape index (κ2) is 5.50. The summed E-state index contributed by atoms with van der Waals surface area (Å²) in [6.07, 6.45) is -0.0318. The summed E-state index contributed by atoms with van der Waals surface area (Å²) in [5.41, 5.74) is 0.764. The van der Waals surface area contributed by atoms with Crippen LogP contribution in [0.4, 0.5) is 0 Å². The minimum atomic E-state index is -0.0318. The van der Waals surface area contributed by atoms with E-state index >= 15 is 0 Å². The van der Waals surface area contributed by atoms with Crippen molar-refractivity contribution in [2.75, 3.05) is 0 Å². The molecule has 2 rings (SSSR count). The minimum Gasteiger partial charge on any atom is -0.461 e. The molecule has 94 valence electrons. The molecule has 0 saturated heterocycles. The fourth-order valence-electron chi connectivity index (χ4n) is 1.35. The Kier molecular flexibility index (Phi) is 3.99. The molecule has 0 aliphatic heterocycles. The van der Waals surface area contributed by atoms with Gasteiger partial charge in [-0.1, -0.05) is 23.7 Å². The number of hydrogen-bond donors (Lipinski definition) is 0. The van der Waals surface area contributed by atoms with Gasteiger partial charge in [-0.05, 0) is 37.6 Å². The van der Waals surface area contributed by atoms with E-state index in [1.807, 2.05) is 26.0 Å². The van der Waals surface area contributed by atoms with E-state index in [0.29, 0.717) is 10.8 Å². The van der Waals surface area contributed by atoms with Gasteiger partial charge >= 0.3 is 6.01 Å². The monoisotopic (exact) mass is 283 g/mol. The lowest BCUT2D eigenvalue weighted by Gasteiger charge is -2.08. The molecule has 6 heteroatoms. The summed E-state index contributed by atoms with van der Waals surface area (Å²) in [5.74, 6) is 0.438. The largest absolute Gasteiger partial charge is 0.461 e. The molecule has 0 unspecified atom stereocenters. The standard InChI is InChI=1S/C12H11Cl2N3O/c1-7(2)18-12-16-10(15-11(14)17-12)8-4-3-5-9(13)6-8/h3-7H,1-2H3. The fourth-order valence-corrected chi connectivity index (χ4v) is 1.69. The highest BCUT2D eigenvalue weighted by Crippen LogP contribution is 2.22. The molecule has 0 N–H and O–H groups in total. The van der Waals surface area contributed by atoms with E-state index in [-0.39, 0.29) is 17.4 Å². The third-order valence-electron chi connectivity index (χ3n) is 2.01. The van der Waals surface area contributed by atoms with Crippen molar-refractivity contribution in [3.05, 3.63) is 34.6 Å². The first-order valence-electron chi connectivity index (χ1n) is 5.39. The molecule has 0 aliphatic carbocycles. The van der Waals surface area contributed by atoms with Gasteiger partial charge < -0.3 is 4.74 Å². The van der Waals surface area contributed by atoms with Crippen LogP contribution < -0.4 is 4.74 Å². The zero-order valence-electron chi connectivity index (χ0n) is 9.89. The van der Waals surface area contributed by atoms with Gasteiger partial charge in [-0.25, -0.2) is 0 Å². The van der Waals surface area contributed by atoms with Crippen molar-refractivity contribution in [3.8, 4) is 17.4 Å². The third-order valence-corrected chi connectivity index (χ3v) is 2.42. The Morgan fingerprint density at radius 3 is 2.56 bits per heavy atom. The molecule has 0 aliphatic rings. The van der Waals surface area contributed by atoms with E-state index in [9.17, 15) is 0 Å². The van der Waals surface area contributed by atoms with Crippen molar-refractivity contribution in [2.45, 2.75) is 20.0 Å². The first-order chi connectivity index (χ1) is 8.54. The van der Waals surface area contributed by atoms with Crippen molar-refractivity contribution in [2.24, 2.45) is 0 Å². The molecular weight excluding hydrogens is 273 g/mol. The number of rotatable bonds is 3. The number of nitrogens with zero attached hydrogens (tertiary/aromatic N) is 3. The number of benzene rings is 1. The summed E-state index contributed by atoms with van der Waals surface area (Å²) in [6.45, 7) is 3.77. The maximum absolute atomic E-state index is 5.92. The average Bonchev–Trinajstić information content (AvgIpc) is 2.27. The first kappa shape index (κ1) is 13.1. The van der Waals surface area contributed by atoms with Gasteiger partial charge in [0.1, 0.15) is 0 Å². The molecule has 0 saturated carbocycles. The molecular formula is C12H11Cl2N3O. The van der Waals surface area contributed by atoms with E-state index in [2.05, 4.69) is 15.0 Å². The highest BCUT2D eigenvalue weighted by Gasteiger charge is 2.09. The first-order valence-corrected chi connectivity index (χ1v) is 6.14. The fraction of sp³-hybridized carbons (Fsp3) is 0.250. The SMILES string of the molecule is CC(C)Oc1nc(Cl)nc(-c2cccc(Cl)c2)n1. The van der Waals surface area contributed by atoms with Crippen LogP contribution in [-0.4, -0.2) is 21.1 Å². The van der Waals surface area contributed by atoms with Crippen LogP contribution in [0.5, 0.6) is 6.01 Å². The van der Waals surface area contributed by atoms with Gasteiger partial charge in [0.2, 0.25) is 5.28 Å². The Morgan fingerprint density at radius 1 is 1.11 bits per heavy atom. The molecule has 0 radical (unpaired) electrons. The summed E-state index contributed by atoms with van der Waals surface area (Å²) < 4.78 is 5.41. The Hall–Kier alpha value is -1.39. The topological polar surface area (TPSA) is 47.9 Å². The summed E-state index contributed by atoms with van der Waals surface area (Å²) >= 11 is 11.8. The van der Waals surface area contributed by atoms with Crippen LogP contribution >= 0.6 is 23.2 Å². The van der Waals surface area contributed by atoms with Crippen LogP contribution in [0.15, 0.2) is 24.3 Å². The second-order valence-electron chi connectivity index (χ2n) is 3.89. The van der Waals surface area contributed by atoms with Crippen LogP contribution in [0.3, 0.4) is 0 Å². The van der Waals surface area contributed by atoms with Gasteiger partial charge in [-0.15, -0.1) is 0 Å². The minimum absolute atomic E-state index is 0.0318. The Bertz CT molecular complexity index is 561. The summed E-state index contributed by atoms with van der Waals surface area (Å²) in [5, 5.41) is 0.700. The van der Waals surface area contributed by atoms with Gasteiger partial charge in [0.15, 0.2) is 5.82 Å². The number of ether oxygens (including phenoxy) is 1. The summed E-state index contributed by atoms with van der Waals surface area (Å²) in [6, 6.07) is 7.40. The Balaban J connectivity index is 2.41. The number of hydrogen-bond acceptors (Lipinski definition) is 4. The Labute approximate surface area is 115 Å². The van der Waals surface area contributed by atoms with E-state index in [1.54, 1.807) is 12.1 Å². The van der Waals surface area contributed by atoms with Crippen molar-refractivity contribution >= 4 is 23.2 Å². The zero-order valence-corrected chi connectivity index (χ0v) is 11.4. The van der Waals surface area contributed by atoms with E-state index in [1.165, 1.54) is 0 Å². The lowest BCUT2D eigenvalue weighted by Crippen LogP contribution is -2.09. The summed E-state index contributed by atoms with van der Waals surface area (Å²) in [7, 11) is 0. The lowest BCUT2D eigenvalue weighted by atomic mass is 10.2. The van der Waals surface area contributed by atoms with Crippen LogP contribution in [0.25, 0.3) is 11.4 Å². The molecule has 0 fully saturated rings. The average molecular weight is 284 g/mol. The molecule has 1 aromatic carbocycles. The number of aromatic nitrogens is 3. The second-order valence-corrected chi connectivity index (χ2v) is 4.66. The maximum Gasteiger partial charge on any atom is 0.321 e. The smallest absolute Gasteiger partial charge is 0.321 e. The van der Waals surface area contributed by atoms with Crippen LogP contribution in [0.2, 0.25) is 10.3 Å². The molecule has 2 aromatic rings. The molecule has 1 aromatic heterocycles. The predicted molar refractivity (Wildman–Crippen MR) is 71.0 cm³/mol. The lowest BCUT2D eigenvalue weighted by molar-refractivity contribution is 0.222. The van der Waals surface area contributed by atoms with E-state index in [0.717, 1.165) is 5.56 Å². The van der Waals surface area contributed by atoms with Crippen molar-refractivity contribution in [1.29, 1.82) is 0 Å². The van der Waals surface area contributed by atoms with Crippen LogP contribution in [0.1, 0.15) is 13.8 Å². The van der Waals surface area contributed by atoms with Gasteiger partial charge in [-0.2, -0.15) is 15.0 Å². The van der Waals surface area contributed by atoms with Crippen molar-refractivity contribution in [1.82, 2.24) is 15.0 Å². The van der Waals surface area contributed by atoms with Crippen molar-refractivity contribution < 1.29 is 4.74 Å². The summed E-state index contributed by atoms with van der Waals surface area (Å²) in [4.78, 5) is 12.2. The van der Waals surface area contributed by atoms with Gasteiger partial charge in [0.05, 0.1) is 6.10 Å². The van der Waals surface area contributed by atoms with E-state index < -0.39 is 0 Å². The molecule has 1 heterocycles. The highest BCUT2D eigenvalue weighted by atomic mass is 35.5. The highest BCUT2D eigenvalue weighted by molar-refractivity contribution is 6.30. The maximum atomic E-state index is 5.92. The van der Waals surface area contributed by atoms with Crippen molar-refractivity contribution in [3.63, 3.8) is 0 Å². The normalized spacial score (nSPS) is 10.7. The van der Waals surface area contributed by atoms with Gasteiger partial charge in [0, 0.05) is 10.6 Å². The zero-order chi connectivity index (χ0) is 13.1. The Morgan fingerprint density at radius 2 is 1.89 bits per heavy atom. The predicted octanol–water partition coefficient (Wildman–Crippen LogP) is 3.63. The molecule has 0 atom stereocenters. The molecule has 0 amide bonds. The van der Waals surface area contributed by atoms with Gasteiger partial charge in [0.25, 0.3) is 0 Å². The van der Waals surface area contributed by atoms with Crippen LogP contribution in [-0.2, 0) is 0 Å². The third kappa shape index (κ3) is 3.31.